The number of carboxylic acids is 1. The molecule has 0 heterocycles. The molecule has 6 nitrogen and oxygen atoms in total. The van der Waals surface area contributed by atoms with Crippen molar-refractivity contribution in [3.8, 4) is 5.75 Å². The second kappa shape index (κ2) is 7.32. The number of ether oxygens (including phenoxy) is 1. The first kappa shape index (κ1) is 17.3. The second-order valence-corrected chi connectivity index (χ2v) is 6.13. The quantitative estimate of drug-likeness (QED) is 0.760. The summed E-state index contributed by atoms with van der Waals surface area (Å²) in [6.45, 7) is -1.46. The Bertz CT molecular complexity index is 591. The third-order valence-electron chi connectivity index (χ3n) is 2.52. The molecule has 0 saturated carbocycles. The molecule has 0 aliphatic heterocycles. The number of aliphatic carboxylic acids is 1. The molecule has 118 valence electrons. The van der Waals surface area contributed by atoms with Crippen molar-refractivity contribution in [3.63, 3.8) is 0 Å². The molecule has 1 aromatic carbocycles. The van der Waals surface area contributed by atoms with Gasteiger partial charge in [0.15, 0.2) is 0 Å². The number of hydrogen-bond acceptors (Lipinski definition) is 4. The maximum absolute atomic E-state index is 12.1. The minimum Gasteiger partial charge on any atom is -0.481 e. The van der Waals surface area contributed by atoms with Crippen molar-refractivity contribution in [1.82, 2.24) is 4.72 Å². The largest absolute Gasteiger partial charge is 0.481 e. The molecule has 0 aromatic heterocycles. The third kappa shape index (κ3) is 6.50. The van der Waals surface area contributed by atoms with E-state index in [0.29, 0.717) is 5.56 Å². The monoisotopic (exact) mass is 323 g/mol. The molecule has 1 unspecified atom stereocenters. The van der Waals surface area contributed by atoms with Crippen LogP contribution in [0.25, 0.3) is 0 Å². The van der Waals surface area contributed by atoms with Crippen LogP contribution in [0.15, 0.2) is 24.3 Å². The van der Waals surface area contributed by atoms with Gasteiger partial charge in [0.2, 0.25) is 10.0 Å². The van der Waals surface area contributed by atoms with Gasteiger partial charge >= 0.3 is 12.6 Å². The molecule has 0 fully saturated rings. The van der Waals surface area contributed by atoms with Crippen molar-refractivity contribution in [3.05, 3.63) is 29.8 Å². The van der Waals surface area contributed by atoms with Crippen LogP contribution in [0.5, 0.6) is 5.75 Å². The predicted molar refractivity (Wildman–Crippen MR) is 70.7 cm³/mol. The highest BCUT2D eigenvalue weighted by molar-refractivity contribution is 7.89. The molecule has 0 radical (unpaired) electrons. The van der Waals surface area contributed by atoms with E-state index in [4.69, 9.17) is 5.11 Å². The number of alkyl halides is 2. The number of carbonyl (C=O) groups is 1. The molecule has 9 heteroatoms. The van der Waals surface area contributed by atoms with Crippen molar-refractivity contribution in [2.75, 3.05) is 5.75 Å². The lowest BCUT2D eigenvalue weighted by Gasteiger charge is -2.15. The molecular weight excluding hydrogens is 308 g/mol. The summed E-state index contributed by atoms with van der Waals surface area (Å²) >= 11 is 0. The molecule has 0 aliphatic carbocycles. The molecule has 0 spiro atoms. The third-order valence-corrected chi connectivity index (χ3v) is 3.98. The van der Waals surface area contributed by atoms with Crippen LogP contribution in [-0.4, -0.2) is 31.9 Å². The predicted octanol–water partition coefficient (Wildman–Crippen LogP) is 1.74. The molecule has 0 saturated heterocycles. The lowest BCUT2D eigenvalue weighted by Crippen LogP contribution is -2.30. The Morgan fingerprint density at radius 3 is 2.67 bits per heavy atom. The van der Waals surface area contributed by atoms with Gasteiger partial charge < -0.3 is 9.84 Å². The highest BCUT2D eigenvalue weighted by Crippen LogP contribution is 2.21. The smallest absolute Gasteiger partial charge is 0.387 e. The van der Waals surface area contributed by atoms with Crippen molar-refractivity contribution in [2.24, 2.45) is 0 Å². The van der Waals surface area contributed by atoms with Crippen LogP contribution in [0.2, 0.25) is 0 Å². The minimum absolute atomic E-state index is 0.0842. The Balaban J connectivity index is 2.75. The van der Waals surface area contributed by atoms with Gasteiger partial charge in [-0.15, -0.1) is 0 Å². The fourth-order valence-electron chi connectivity index (χ4n) is 1.58. The summed E-state index contributed by atoms with van der Waals surface area (Å²) in [7, 11) is -3.78. The number of rotatable bonds is 8. The van der Waals surface area contributed by atoms with Crippen molar-refractivity contribution >= 4 is 16.0 Å². The van der Waals surface area contributed by atoms with Gasteiger partial charge in [0.05, 0.1) is 12.2 Å². The van der Waals surface area contributed by atoms with Gasteiger partial charge in [0.25, 0.3) is 0 Å². The minimum atomic E-state index is -3.78. The number of nitrogens with one attached hydrogen (secondary N) is 1. The van der Waals surface area contributed by atoms with Gasteiger partial charge in [0, 0.05) is 6.04 Å². The van der Waals surface area contributed by atoms with Crippen LogP contribution in [-0.2, 0) is 14.8 Å². The van der Waals surface area contributed by atoms with E-state index in [2.05, 4.69) is 9.46 Å². The molecule has 0 amide bonds. The Hall–Kier alpha value is -1.74. The summed E-state index contributed by atoms with van der Waals surface area (Å²) in [6, 6.07) is 4.90. The number of sulfonamides is 1. The highest BCUT2D eigenvalue weighted by atomic mass is 32.2. The summed E-state index contributed by atoms with van der Waals surface area (Å²) in [6.07, 6.45) is -0.517. The molecule has 1 rings (SSSR count). The van der Waals surface area contributed by atoms with Crippen LogP contribution in [0, 0.1) is 0 Å². The first-order chi connectivity index (χ1) is 9.69. The molecule has 1 atom stereocenters. The van der Waals surface area contributed by atoms with E-state index >= 15 is 0 Å². The van der Waals surface area contributed by atoms with E-state index in [1.807, 2.05) is 0 Å². The maximum Gasteiger partial charge on any atom is 0.387 e. The first-order valence-electron chi connectivity index (χ1n) is 5.96. The summed E-state index contributed by atoms with van der Waals surface area (Å²) in [5.74, 6) is -1.86. The van der Waals surface area contributed by atoms with E-state index in [9.17, 15) is 22.0 Å². The molecule has 1 aromatic rings. The van der Waals surface area contributed by atoms with Gasteiger partial charge in [-0.3, -0.25) is 4.79 Å². The van der Waals surface area contributed by atoms with Crippen LogP contribution < -0.4 is 9.46 Å². The average molecular weight is 323 g/mol. The Kier molecular flexibility index (Phi) is 6.03. The normalized spacial score (nSPS) is 13.1. The van der Waals surface area contributed by atoms with Crippen molar-refractivity contribution < 1.29 is 31.8 Å². The van der Waals surface area contributed by atoms with Gasteiger partial charge in [-0.1, -0.05) is 12.1 Å². The van der Waals surface area contributed by atoms with E-state index in [1.54, 1.807) is 6.07 Å². The summed E-state index contributed by atoms with van der Waals surface area (Å²) in [5, 5.41) is 8.47. The fraction of sp³-hybridized carbons (Fsp3) is 0.417. The van der Waals surface area contributed by atoms with Crippen molar-refractivity contribution in [2.45, 2.75) is 26.0 Å². The van der Waals surface area contributed by atoms with Gasteiger partial charge in [-0.25, -0.2) is 13.1 Å². The van der Waals surface area contributed by atoms with Crippen LogP contribution in [0.4, 0.5) is 8.78 Å². The van der Waals surface area contributed by atoms with Crippen LogP contribution in [0.3, 0.4) is 0 Å². The summed E-state index contributed by atoms with van der Waals surface area (Å²) in [5.41, 5.74) is 0.423. The number of carboxylic acid groups (broad SMARTS) is 1. The van der Waals surface area contributed by atoms with E-state index in [-0.39, 0.29) is 5.75 Å². The van der Waals surface area contributed by atoms with E-state index < -0.39 is 40.8 Å². The summed E-state index contributed by atoms with van der Waals surface area (Å²) < 4.78 is 54.0. The Morgan fingerprint density at radius 2 is 2.10 bits per heavy atom. The standard InChI is InChI=1S/C12H15F2NO5S/c1-8(15-21(18,19)6-5-11(16)17)9-3-2-4-10(7-9)20-12(13)14/h2-4,7-8,12,15H,5-6H2,1H3,(H,16,17). The lowest BCUT2D eigenvalue weighted by molar-refractivity contribution is -0.136. The Morgan fingerprint density at radius 1 is 1.43 bits per heavy atom. The summed E-state index contributed by atoms with van der Waals surface area (Å²) in [4.78, 5) is 10.4. The van der Waals surface area contributed by atoms with Gasteiger partial charge in [-0.05, 0) is 24.6 Å². The average Bonchev–Trinajstić information content (AvgIpc) is 2.35. The zero-order chi connectivity index (χ0) is 16.0. The van der Waals surface area contributed by atoms with Gasteiger partial charge in [0.1, 0.15) is 5.75 Å². The second-order valence-electron chi connectivity index (χ2n) is 4.25. The van der Waals surface area contributed by atoms with Crippen LogP contribution in [0.1, 0.15) is 24.9 Å². The SMILES string of the molecule is CC(NS(=O)(=O)CCC(=O)O)c1cccc(OC(F)F)c1. The fourth-order valence-corrected chi connectivity index (χ4v) is 2.81. The number of benzene rings is 1. The maximum atomic E-state index is 12.1. The molecule has 0 bridgehead atoms. The van der Waals surface area contributed by atoms with Crippen LogP contribution >= 0.6 is 0 Å². The van der Waals surface area contributed by atoms with Gasteiger partial charge in [-0.2, -0.15) is 8.78 Å². The topological polar surface area (TPSA) is 92.7 Å². The molecule has 0 aliphatic rings. The van der Waals surface area contributed by atoms with E-state index in [0.717, 1.165) is 0 Å². The zero-order valence-electron chi connectivity index (χ0n) is 11.1. The zero-order valence-corrected chi connectivity index (χ0v) is 11.9. The number of halogens is 2. The van der Waals surface area contributed by atoms with Crippen molar-refractivity contribution in [1.29, 1.82) is 0 Å². The molecule has 21 heavy (non-hydrogen) atoms. The number of hydrogen-bond donors (Lipinski definition) is 2. The Labute approximate surface area is 120 Å². The molecular formula is C12H15F2NO5S. The lowest BCUT2D eigenvalue weighted by atomic mass is 10.1. The molecule has 2 N–H and O–H groups in total. The first-order valence-corrected chi connectivity index (χ1v) is 7.61. The van der Waals surface area contributed by atoms with E-state index in [1.165, 1.54) is 25.1 Å². The highest BCUT2D eigenvalue weighted by Gasteiger charge is 2.17.